The molecule has 44 heavy (non-hydrogen) atoms. The molecule has 0 spiro atoms. The van der Waals surface area contributed by atoms with Crippen molar-refractivity contribution in [2.75, 3.05) is 0 Å². The minimum absolute atomic E-state index is 0. The molecule has 0 unspecified atom stereocenters. The van der Waals surface area contributed by atoms with Crippen molar-refractivity contribution >= 4 is 27.8 Å². The average Bonchev–Trinajstić information content (AvgIpc) is 3.39. The van der Waals surface area contributed by atoms with Crippen molar-refractivity contribution in [2.45, 2.75) is 90.2 Å². The molecule has 3 aliphatic rings. The van der Waals surface area contributed by atoms with Crippen molar-refractivity contribution in [3.05, 3.63) is 94.7 Å². The summed E-state index contributed by atoms with van der Waals surface area (Å²) in [5, 5.41) is 2.36. The summed E-state index contributed by atoms with van der Waals surface area (Å²) in [4.78, 5) is 10.0. The van der Waals surface area contributed by atoms with E-state index in [1.54, 1.807) is 0 Å². The molecular formula is C38H37N3O2Pt. The predicted molar refractivity (Wildman–Crippen MR) is 172 cm³/mol. The molecule has 6 heteroatoms. The van der Waals surface area contributed by atoms with Crippen LogP contribution >= 0.6 is 0 Å². The fraction of sp³-hybridized carbons (Fsp3) is 0.368. The Morgan fingerprint density at radius 2 is 1.68 bits per heavy atom. The molecule has 2 aliphatic heterocycles. The van der Waals surface area contributed by atoms with Crippen LogP contribution in [0.1, 0.15) is 87.6 Å². The summed E-state index contributed by atoms with van der Waals surface area (Å²) in [7, 11) is 0. The van der Waals surface area contributed by atoms with Crippen molar-refractivity contribution in [2.24, 2.45) is 4.99 Å². The molecule has 2 atom stereocenters. The van der Waals surface area contributed by atoms with Crippen LogP contribution in [0.3, 0.4) is 0 Å². The molecule has 0 bridgehead atoms. The first-order valence-corrected chi connectivity index (χ1v) is 15.6. The zero-order valence-electron chi connectivity index (χ0n) is 26.2. The molecule has 0 amide bonds. The second-order valence-corrected chi connectivity index (χ2v) is 13.7. The van der Waals surface area contributed by atoms with Crippen molar-refractivity contribution in [1.29, 1.82) is 0 Å². The van der Waals surface area contributed by atoms with Crippen molar-refractivity contribution in [3.8, 4) is 17.2 Å². The summed E-state index contributed by atoms with van der Waals surface area (Å²) >= 11 is 0. The van der Waals surface area contributed by atoms with Crippen molar-refractivity contribution < 1.29 is 30.5 Å². The van der Waals surface area contributed by atoms with Crippen LogP contribution in [0.2, 0.25) is 0 Å². The normalized spacial score (nSPS) is 23.3. The third-order valence-corrected chi connectivity index (χ3v) is 10.4. The minimum atomic E-state index is -0.289. The van der Waals surface area contributed by atoms with E-state index in [0.29, 0.717) is 17.4 Å². The third-order valence-electron chi connectivity index (χ3n) is 10.4. The number of rotatable bonds is 3. The van der Waals surface area contributed by atoms with Crippen LogP contribution in [0.5, 0.6) is 11.5 Å². The van der Waals surface area contributed by atoms with Gasteiger partial charge in [-0.2, -0.15) is 6.07 Å². The van der Waals surface area contributed by atoms with E-state index in [1.165, 1.54) is 41.3 Å². The Kier molecular flexibility index (Phi) is 6.68. The van der Waals surface area contributed by atoms with E-state index in [9.17, 15) is 0 Å². The summed E-state index contributed by atoms with van der Waals surface area (Å²) in [6.45, 7) is 13.3. The monoisotopic (exact) mass is 762 g/mol. The number of nitrogens with zero attached hydrogens (tertiary/aromatic N) is 3. The van der Waals surface area contributed by atoms with Gasteiger partial charge in [-0.3, -0.25) is 4.99 Å². The summed E-state index contributed by atoms with van der Waals surface area (Å²) in [6.07, 6.45) is 7.53. The minimum Gasteiger partial charge on any atom is -0.512 e. The van der Waals surface area contributed by atoms with E-state index in [0.717, 1.165) is 46.3 Å². The van der Waals surface area contributed by atoms with Gasteiger partial charge < -0.3 is 14.0 Å². The first kappa shape index (κ1) is 29.3. The number of aromatic nitrogens is 2. The topological polar surface area (TPSA) is 48.6 Å². The van der Waals surface area contributed by atoms with E-state index in [2.05, 4.69) is 94.6 Å². The standard InChI is InChI=1S/C38H37N3O2.Pt/c1-23-18-25(35-40-37(5)15-8-7-9-16-38(37,6)43-35)21-26(19-23)42-32-22-31-30(20-24(32)2)36(3,4)29-14-10-12-27-28-13-11-17-39-34(28)41(31)33(27)29;/h10-14,17-20H,7-9,15-16H2,1-6H3;/q-2;+2/t37-,38+;/m1./s1. The summed E-state index contributed by atoms with van der Waals surface area (Å²) in [6, 6.07) is 24.4. The van der Waals surface area contributed by atoms with Gasteiger partial charge in [0.2, 0.25) is 0 Å². The second kappa shape index (κ2) is 10.0. The number of aliphatic imine (C=N–C) groups is 1. The molecule has 4 heterocycles. The van der Waals surface area contributed by atoms with E-state index in [1.807, 2.05) is 18.3 Å². The van der Waals surface area contributed by atoms with Gasteiger partial charge in [-0.15, -0.1) is 28.8 Å². The molecule has 0 saturated heterocycles. The van der Waals surface area contributed by atoms with Gasteiger partial charge in [0, 0.05) is 28.5 Å². The maximum atomic E-state index is 6.65. The van der Waals surface area contributed by atoms with Gasteiger partial charge in [0.05, 0.1) is 11.1 Å². The molecule has 0 N–H and O–H groups in total. The molecule has 0 radical (unpaired) electrons. The fourth-order valence-electron chi connectivity index (χ4n) is 7.66. The largest absolute Gasteiger partial charge is 2.00 e. The Morgan fingerprint density at radius 1 is 0.886 bits per heavy atom. The van der Waals surface area contributed by atoms with E-state index in [4.69, 9.17) is 19.5 Å². The molecule has 5 aromatic rings. The van der Waals surface area contributed by atoms with Gasteiger partial charge >= 0.3 is 21.1 Å². The SMILES string of the molecule is Cc1cc(Oc2[c-]c3c(cc2C)C(C)(C)c2cccc4c5cccnc5n-3c24)[c-]c(C2=N[C@]3(C)CCCCC[C@]3(C)O2)c1.[Pt+2]. The van der Waals surface area contributed by atoms with Gasteiger partial charge in [0.15, 0.2) is 0 Å². The summed E-state index contributed by atoms with van der Waals surface area (Å²) in [5.74, 6) is 2.00. The third kappa shape index (κ3) is 4.15. The van der Waals surface area contributed by atoms with Gasteiger partial charge in [-0.1, -0.05) is 82.1 Å². The molecule has 226 valence electrons. The number of para-hydroxylation sites is 1. The van der Waals surface area contributed by atoms with Crippen LogP contribution in [0.4, 0.5) is 0 Å². The predicted octanol–water partition coefficient (Wildman–Crippen LogP) is 9.08. The van der Waals surface area contributed by atoms with Gasteiger partial charge in [-0.25, -0.2) is 4.98 Å². The molecule has 1 fully saturated rings. The van der Waals surface area contributed by atoms with Crippen LogP contribution in [0.15, 0.2) is 59.7 Å². The van der Waals surface area contributed by atoms with Crippen LogP contribution < -0.4 is 4.74 Å². The number of fused-ring (bicyclic) bond motifs is 6. The Bertz CT molecular complexity index is 2010. The molecule has 3 aromatic carbocycles. The van der Waals surface area contributed by atoms with E-state index >= 15 is 0 Å². The number of aryl methyl sites for hydroxylation is 2. The Hall–Kier alpha value is -3.43. The Balaban J connectivity index is 0.00000312. The van der Waals surface area contributed by atoms with E-state index < -0.39 is 0 Å². The van der Waals surface area contributed by atoms with Crippen molar-refractivity contribution in [3.63, 3.8) is 0 Å². The number of hydrogen-bond donors (Lipinski definition) is 0. The smallest absolute Gasteiger partial charge is 0.512 e. The quantitative estimate of drug-likeness (QED) is 0.173. The zero-order valence-corrected chi connectivity index (χ0v) is 28.5. The first-order chi connectivity index (χ1) is 20.6. The summed E-state index contributed by atoms with van der Waals surface area (Å²) in [5.41, 5.74) is 7.86. The van der Waals surface area contributed by atoms with Crippen LogP contribution in [-0.2, 0) is 31.2 Å². The van der Waals surface area contributed by atoms with Crippen molar-refractivity contribution in [1.82, 2.24) is 9.55 Å². The van der Waals surface area contributed by atoms with Crippen LogP contribution in [0.25, 0.3) is 27.6 Å². The van der Waals surface area contributed by atoms with Crippen LogP contribution in [-0.4, -0.2) is 26.6 Å². The maximum absolute atomic E-state index is 6.65. The molecular weight excluding hydrogens is 726 g/mol. The zero-order chi connectivity index (χ0) is 29.7. The molecule has 1 saturated carbocycles. The van der Waals surface area contributed by atoms with E-state index in [-0.39, 0.29) is 37.6 Å². The maximum Gasteiger partial charge on any atom is 2.00 e. The van der Waals surface area contributed by atoms with Gasteiger partial charge in [-0.05, 0) is 56.2 Å². The number of benzene rings is 3. The molecule has 1 aliphatic carbocycles. The summed E-state index contributed by atoms with van der Waals surface area (Å²) < 4.78 is 15.5. The number of pyridine rings is 1. The fourth-order valence-corrected chi connectivity index (χ4v) is 7.66. The number of hydrogen-bond acceptors (Lipinski definition) is 4. The average molecular weight is 763 g/mol. The number of ether oxygens (including phenoxy) is 2. The Labute approximate surface area is 274 Å². The molecule has 8 rings (SSSR count). The Morgan fingerprint density at radius 3 is 2.52 bits per heavy atom. The van der Waals surface area contributed by atoms with Crippen LogP contribution in [0, 0.1) is 26.0 Å². The molecule has 2 aromatic heterocycles. The first-order valence-electron chi connectivity index (χ1n) is 15.6. The van der Waals surface area contributed by atoms with Gasteiger partial charge in [0.1, 0.15) is 17.1 Å². The molecule has 5 nitrogen and oxygen atoms in total. The van der Waals surface area contributed by atoms with Gasteiger partial charge in [0.25, 0.3) is 0 Å². The second-order valence-electron chi connectivity index (χ2n) is 13.7.